The van der Waals surface area contributed by atoms with E-state index in [1.54, 1.807) is 37.5 Å². The molecule has 0 aliphatic carbocycles. The summed E-state index contributed by atoms with van der Waals surface area (Å²) in [5.41, 5.74) is 4.23. The van der Waals surface area contributed by atoms with Crippen LogP contribution in [0.1, 0.15) is 22.3 Å². The van der Waals surface area contributed by atoms with E-state index >= 15 is 0 Å². The van der Waals surface area contributed by atoms with Gasteiger partial charge in [-0.2, -0.15) is 5.26 Å². The molecule has 0 heterocycles. The van der Waals surface area contributed by atoms with E-state index < -0.39 is 5.91 Å². The van der Waals surface area contributed by atoms with Crippen molar-refractivity contribution in [3.8, 4) is 17.6 Å². The summed E-state index contributed by atoms with van der Waals surface area (Å²) in [5.74, 6) is 0.644. The van der Waals surface area contributed by atoms with Crippen LogP contribution in [0.4, 0.5) is 5.69 Å². The maximum Gasteiger partial charge on any atom is 0.266 e. The van der Waals surface area contributed by atoms with Gasteiger partial charge in [-0.1, -0.05) is 60.2 Å². The summed E-state index contributed by atoms with van der Waals surface area (Å²) >= 11 is 0. The fourth-order valence-corrected chi connectivity index (χ4v) is 4.02. The minimum Gasteiger partial charge on any atom is -0.493 e. The molecule has 0 atom stereocenters. The predicted octanol–water partition coefficient (Wildman–Crippen LogP) is 7.01. The van der Waals surface area contributed by atoms with Crippen LogP contribution in [-0.2, 0) is 17.8 Å². The van der Waals surface area contributed by atoms with Crippen LogP contribution >= 0.6 is 0 Å². The van der Waals surface area contributed by atoms with E-state index in [4.69, 9.17) is 9.47 Å². The van der Waals surface area contributed by atoms with E-state index in [2.05, 4.69) is 36.2 Å². The molecule has 4 rings (SSSR count). The number of benzene rings is 4. The number of anilines is 1. The molecule has 0 aromatic heterocycles. The molecule has 5 nitrogen and oxygen atoms in total. The standard InChI is InChI=1S/C32H28N2O3/c1-4-7-27-17-24(18-28(20-33)32(35)34-29-14-10-22(2)11-15-29)19-30(36-3)31(27)37-21-23-12-13-25-8-5-6-9-26(25)16-23/h4-6,8-19H,1,7,21H2,2-3H3,(H,34,35)/b28-18-. The zero-order chi connectivity index (χ0) is 26.2. The fraction of sp³-hybridized carbons (Fsp3) is 0.125. The second-order valence-electron chi connectivity index (χ2n) is 8.66. The number of carbonyl (C=O) groups excluding carboxylic acids is 1. The third kappa shape index (κ3) is 6.25. The van der Waals surface area contributed by atoms with Crippen molar-refractivity contribution < 1.29 is 14.3 Å². The topological polar surface area (TPSA) is 71.4 Å². The van der Waals surface area contributed by atoms with E-state index in [0.29, 0.717) is 35.8 Å². The Morgan fingerprint density at radius 3 is 2.49 bits per heavy atom. The van der Waals surface area contributed by atoms with E-state index in [1.165, 1.54) is 5.39 Å². The number of rotatable bonds is 9. The van der Waals surface area contributed by atoms with E-state index in [0.717, 1.165) is 22.1 Å². The quantitative estimate of drug-likeness (QED) is 0.156. The van der Waals surface area contributed by atoms with Gasteiger partial charge in [0.2, 0.25) is 0 Å². The number of hydrogen-bond acceptors (Lipinski definition) is 4. The second kappa shape index (κ2) is 11.7. The molecular weight excluding hydrogens is 460 g/mol. The molecule has 4 aromatic rings. The van der Waals surface area contributed by atoms with Crippen molar-refractivity contribution in [2.75, 3.05) is 12.4 Å². The molecule has 0 unspecified atom stereocenters. The normalized spacial score (nSPS) is 11.0. The lowest BCUT2D eigenvalue weighted by molar-refractivity contribution is -0.112. The molecule has 1 N–H and O–H groups in total. The Labute approximate surface area is 217 Å². The van der Waals surface area contributed by atoms with Crippen molar-refractivity contribution in [2.24, 2.45) is 0 Å². The summed E-state index contributed by atoms with van der Waals surface area (Å²) in [7, 11) is 1.57. The monoisotopic (exact) mass is 488 g/mol. The lowest BCUT2D eigenvalue weighted by Gasteiger charge is -2.16. The number of nitriles is 1. The average Bonchev–Trinajstić information content (AvgIpc) is 2.92. The number of fused-ring (bicyclic) bond motifs is 1. The van der Waals surface area contributed by atoms with Gasteiger partial charge in [-0.05, 0) is 71.7 Å². The Hall–Kier alpha value is -4.82. The molecular formula is C32H28N2O3. The smallest absolute Gasteiger partial charge is 0.266 e. The van der Waals surface area contributed by atoms with Crippen molar-refractivity contribution in [1.29, 1.82) is 5.26 Å². The molecule has 0 radical (unpaired) electrons. The number of carbonyl (C=O) groups is 1. The highest BCUT2D eigenvalue weighted by Gasteiger charge is 2.15. The molecule has 4 aromatic carbocycles. The first-order valence-corrected chi connectivity index (χ1v) is 11.9. The summed E-state index contributed by atoms with van der Waals surface area (Å²) in [6, 6.07) is 27.5. The van der Waals surface area contributed by atoms with Gasteiger partial charge in [0.25, 0.3) is 5.91 Å². The number of nitrogens with one attached hydrogen (secondary N) is 1. The maximum absolute atomic E-state index is 12.7. The number of amides is 1. The van der Waals surface area contributed by atoms with Crippen LogP contribution in [0.2, 0.25) is 0 Å². The van der Waals surface area contributed by atoms with E-state index in [1.807, 2.05) is 49.4 Å². The molecule has 0 aliphatic heterocycles. The van der Waals surface area contributed by atoms with Gasteiger partial charge in [-0.15, -0.1) is 6.58 Å². The number of hydrogen-bond donors (Lipinski definition) is 1. The summed E-state index contributed by atoms with van der Waals surface area (Å²) < 4.78 is 11.9. The zero-order valence-corrected chi connectivity index (χ0v) is 21.0. The average molecular weight is 489 g/mol. The van der Waals surface area contributed by atoms with Crippen LogP contribution in [-0.4, -0.2) is 13.0 Å². The Kier molecular flexibility index (Phi) is 8.02. The first-order valence-electron chi connectivity index (χ1n) is 11.9. The van der Waals surface area contributed by atoms with Crippen molar-refractivity contribution in [3.05, 3.63) is 119 Å². The first kappa shape index (κ1) is 25.3. The van der Waals surface area contributed by atoms with Gasteiger partial charge in [-0.25, -0.2) is 0 Å². The SMILES string of the molecule is C=CCc1cc(/C=C(/C#N)C(=O)Nc2ccc(C)cc2)cc(OC)c1OCc1ccc2ccccc2c1. The Balaban J connectivity index is 1.60. The van der Waals surface area contributed by atoms with Crippen molar-refractivity contribution in [3.63, 3.8) is 0 Å². The lowest BCUT2D eigenvalue weighted by atomic mass is 10.0. The molecule has 0 aliphatic rings. The van der Waals surface area contributed by atoms with E-state index in [9.17, 15) is 10.1 Å². The molecule has 0 saturated heterocycles. The van der Waals surface area contributed by atoms with Crippen molar-refractivity contribution >= 4 is 28.4 Å². The van der Waals surface area contributed by atoms with Gasteiger partial charge in [0, 0.05) is 11.3 Å². The largest absolute Gasteiger partial charge is 0.493 e. The van der Waals surface area contributed by atoms with Crippen molar-refractivity contribution in [1.82, 2.24) is 0 Å². The molecule has 37 heavy (non-hydrogen) atoms. The Morgan fingerprint density at radius 2 is 1.78 bits per heavy atom. The third-order valence-corrected chi connectivity index (χ3v) is 5.92. The highest BCUT2D eigenvalue weighted by molar-refractivity contribution is 6.09. The number of nitrogens with zero attached hydrogens (tertiary/aromatic N) is 1. The Morgan fingerprint density at radius 1 is 1.03 bits per heavy atom. The summed E-state index contributed by atoms with van der Waals surface area (Å²) in [4.78, 5) is 12.7. The molecule has 1 amide bonds. The van der Waals surface area contributed by atoms with Gasteiger partial charge in [0.05, 0.1) is 7.11 Å². The van der Waals surface area contributed by atoms with Crippen LogP contribution in [0, 0.1) is 18.3 Å². The molecule has 0 bridgehead atoms. The molecule has 0 saturated carbocycles. The van der Waals surface area contributed by atoms with Gasteiger partial charge in [0.15, 0.2) is 11.5 Å². The van der Waals surface area contributed by atoms with Crippen LogP contribution in [0.25, 0.3) is 16.8 Å². The molecule has 5 heteroatoms. The lowest BCUT2D eigenvalue weighted by Crippen LogP contribution is -2.13. The summed E-state index contributed by atoms with van der Waals surface area (Å²) in [6.07, 6.45) is 3.86. The fourth-order valence-electron chi connectivity index (χ4n) is 4.02. The minimum atomic E-state index is -0.479. The second-order valence-corrected chi connectivity index (χ2v) is 8.66. The number of allylic oxidation sites excluding steroid dienone is 1. The summed E-state index contributed by atoms with van der Waals surface area (Å²) in [5, 5.41) is 14.8. The number of aryl methyl sites for hydroxylation is 1. The molecule has 0 fully saturated rings. The van der Waals surface area contributed by atoms with Gasteiger partial charge < -0.3 is 14.8 Å². The number of ether oxygens (including phenoxy) is 2. The number of methoxy groups -OCH3 is 1. The first-order chi connectivity index (χ1) is 18.0. The molecule has 184 valence electrons. The maximum atomic E-state index is 12.7. The highest BCUT2D eigenvalue weighted by Crippen LogP contribution is 2.35. The van der Waals surface area contributed by atoms with E-state index in [-0.39, 0.29) is 5.57 Å². The van der Waals surface area contributed by atoms with Gasteiger partial charge >= 0.3 is 0 Å². The van der Waals surface area contributed by atoms with Gasteiger partial charge in [-0.3, -0.25) is 4.79 Å². The summed E-state index contributed by atoms with van der Waals surface area (Å²) in [6.45, 7) is 6.20. The predicted molar refractivity (Wildman–Crippen MR) is 149 cm³/mol. The zero-order valence-electron chi connectivity index (χ0n) is 21.0. The van der Waals surface area contributed by atoms with Crippen molar-refractivity contribution in [2.45, 2.75) is 20.0 Å². The Bertz CT molecular complexity index is 1510. The van der Waals surface area contributed by atoms with Gasteiger partial charge in [0.1, 0.15) is 18.2 Å². The van der Waals surface area contributed by atoms with Crippen LogP contribution in [0.3, 0.4) is 0 Å². The highest BCUT2D eigenvalue weighted by atomic mass is 16.5. The molecule has 0 spiro atoms. The van der Waals surface area contributed by atoms with Crippen LogP contribution in [0.5, 0.6) is 11.5 Å². The third-order valence-electron chi connectivity index (χ3n) is 5.92. The van der Waals surface area contributed by atoms with Crippen LogP contribution < -0.4 is 14.8 Å². The van der Waals surface area contributed by atoms with Crippen LogP contribution in [0.15, 0.2) is 97.1 Å². The minimum absolute atomic E-state index is 0.0167.